The number of rotatable bonds is 5. The Bertz CT molecular complexity index is 1070. The Morgan fingerprint density at radius 3 is 2.58 bits per heavy atom. The summed E-state index contributed by atoms with van der Waals surface area (Å²) in [7, 11) is -3.68. The number of phenolic OH excluding ortho intramolecular Hbond substituents is 1. The first-order valence-electron chi connectivity index (χ1n) is 7.51. The predicted octanol–water partition coefficient (Wildman–Crippen LogP) is 3.16. The van der Waals surface area contributed by atoms with Gasteiger partial charge in [0.05, 0.1) is 11.1 Å². The van der Waals surface area contributed by atoms with E-state index in [4.69, 9.17) is 8.60 Å². The van der Waals surface area contributed by atoms with Gasteiger partial charge in [-0.25, -0.2) is 4.79 Å². The summed E-state index contributed by atoms with van der Waals surface area (Å²) < 4.78 is 34.0. The molecule has 0 aliphatic heterocycles. The molecule has 0 amide bonds. The van der Waals surface area contributed by atoms with Crippen molar-refractivity contribution >= 4 is 31.9 Å². The molecule has 0 aliphatic rings. The molecule has 7 heteroatoms. The van der Waals surface area contributed by atoms with Gasteiger partial charge in [-0.3, -0.25) is 0 Å². The van der Waals surface area contributed by atoms with Crippen LogP contribution in [0, 0.1) is 0 Å². The molecule has 3 aromatic rings. The maximum absolute atomic E-state index is 12.0. The van der Waals surface area contributed by atoms with E-state index in [2.05, 4.69) is 0 Å². The van der Waals surface area contributed by atoms with Crippen molar-refractivity contribution in [3.8, 4) is 11.5 Å². The molecule has 126 valence electrons. The van der Waals surface area contributed by atoms with E-state index in [-0.39, 0.29) is 28.2 Å². The molecule has 0 unspecified atom stereocenters. The summed E-state index contributed by atoms with van der Waals surface area (Å²) in [6, 6.07) is 8.94. The van der Waals surface area contributed by atoms with Crippen molar-refractivity contribution in [1.82, 2.24) is 0 Å². The highest BCUT2D eigenvalue weighted by atomic mass is 32.2. The number of unbranched alkanes of at least 4 members (excludes halogenated alkanes) is 1. The summed E-state index contributed by atoms with van der Waals surface area (Å²) in [6.45, 7) is 1.89. The van der Waals surface area contributed by atoms with Crippen molar-refractivity contribution < 1.29 is 22.1 Å². The normalized spacial score (nSPS) is 11.9. The van der Waals surface area contributed by atoms with Crippen molar-refractivity contribution in [3.05, 3.63) is 46.8 Å². The summed E-state index contributed by atoms with van der Waals surface area (Å²) >= 11 is 0. The Labute approximate surface area is 138 Å². The van der Waals surface area contributed by atoms with Crippen molar-refractivity contribution in [3.63, 3.8) is 0 Å². The van der Waals surface area contributed by atoms with Crippen LogP contribution in [0.4, 0.5) is 0 Å². The number of hydrogen-bond donors (Lipinski definition) is 1. The van der Waals surface area contributed by atoms with E-state index >= 15 is 0 Å². The third-order valence-electron chi connectivity index (χ3n) is 3.64. The van der Waals surface area contributed by atoms with E-state index in [0.29, 0.717) is 17.2 Å². The van der Waals surface area contributed by atoms with E-state index in [0.717, 1.165) is 6.42 Å². The average Bonchev–Trinajstić information content (AvgIpc) is 2.53. The number of phenols is 1. The smallest absolute Gasteiger partial charge is 0.344 e. The zero-order chi connectivity index (χ0) is 17.3. The minimum Gasteiger partial charge on any atom is -0.508 e. The van der Waals surface area contributed by atoms with Crippen LogP contribution in [-0.2, 0) is 10.1 Å². The minimum atomic E-state index is -3.68. The van der Waals surface area contributed by atoms with Crippen molar-refractivity contribution in [2.45, 2.75) is 19.8 Å². The molecule has 24 heavy (non-hydrogen) atoms. The van der Waals surface area contributed by atoms with Gasteiger partial charge in [0, 0.05) is 16.8 Å². The molecule has 0 aliphatic carbocycles. The summed E-state index contributed by atoms with van der Waals surface area (Å²) in [6.07, 6.45) is 1.26. The van der Waals surface area contributed by atoms with Gasteiger partial charge in [0.25, 0.3) is 0 Å². The van der Waals surface area contributed by atoms with Crippen molar-refractivity contribution in [2.24, 2.45) is 0 Å². The van der Waals surface area contributed by atoms with Gasteiger partial charge in [0.15, 0.2) is 0 Å². The highest BCUT2D eigenvalue weighted by molar-refractivity contribution is 7.87. The fourth-order valence-electron chi connectivity index (χ4n) is 2.46. The summed E-state index contributed by atoms with van der Waals surface area (Å²) in [5.41, 5.74) is -0.388. The Kier molecular flexibility index (Phi) is 4.19. The molecular formula is C17H16O6S. The van der Waals surface area contributed by atoms with Crippen LogP contribution < -0.4 is 9.81 Å². The monoisotopic (exact) mass is 348 g/mol. The second kappa shape index (κ2) is 6.16. The maximum atomic E-state index is 12.0. The van der Waals surface area contributed by atoms with Crippen LogP contribution in [-0.4, -0.2) is 19.3 Å². The first kappa shape index (κ1) is 16.3. The van der Waals surface area contributed by atoms with Gasteiger partial charge in [-0.1, -0.05) is 13.3 Å². The van der Waals surface area contributed by atoms with E-state index in [1.165, 1.54) is 24.3 Å². The molecule has 0 saturated carbocycles. The molecule has 0 atom stereocenters. The molecular weight excluding hydrogens is 332 g/mol. The lowest BCUT2D eigenvalue weighted by atomic mass is 10.1. The van der Waals surface area contributed by atoms with E-state index in [1.54, 1.807) is 12.1 Å². The maximum Gasteiger partial charge on any atom is 0.344 e. The zero-order valence-electron chi connectivity index (χ0n) is 13.0. The lowest BCUT2D eigenvalue weighted by Crippen LogP contribution is -2.13. The quantitative estimate of drug-likeness (QED) is 0.432. The zero-order valence-corrected chi connectivity index (χ0v) is 13.8. The molecule has 1 heterocycles. The summed E-state index contributed by atoms with van der Waals surface area (Å²) in [4.78, 5) is 12.0. The Morgan fingerprint density at radius 2 is 1.83 bits per heavy atom. The van der Waals surface area contributed by atoms with Crippen LogP contribution in [0.3, 0.4) is 0 Å². The van der Waals surface area contributed by atoms with Gasteiger partial charge in [0.2, 0.25) is 0 Å². The van der Waals surface area contributed by atoms with Crippen LogP contribution in [0.5, 0.6) is 11.5 Å². The Hall–Kier alpha value is -2.54. The van der Waals surface area contributed by atoms with Gasteiger partial charge in [0.1, 0.15) is 17.1 Å². The van der Waals surface area contributed by atoms with Gasteiger partial charge >= 0.3 is 15.7 Å². The summed E-state index contributed by atoms with van der Waals surface area (Å²) in [5, 5.41) is 11.0. The van der Waals surface area contributed by atoms with Gasteiger partial charge in [-0.2, -0.15) is 8.42 Å². The van der Waals surface area contributed by atoms with Gasteiger partial charge in [-0.15, -0.1) is 0 Å². The molecule has 0 saturated heterocycles. The average molecular weight is 348 g/mol. The first-order valence-corrected chi connectivity index (χ1v) is 9.09. The lowest BCUT2D eigenvalue weighted by Gasteiger charge is -2.08. The fraction of sp³-hybridized carbons (Fsp3) is 0.235. The molecule has 1 aromatic heterocycles. The van der Waals surface area contributed by atoms with E-state index in [9.17, 15) is 18.3 Å². The van der Waals surface area contributed by atoms with Crippen LogP contribution in [0.2, 0.25) is 0 Å². The van der Waals surface area contributed by atoms with Crippen molar-refractivity contribution in [2.75, 3.05) is 5.75 Å². The van der Waals surface area contributed by atoms with Crippen molar-refractivity contribution in [1.29, 1.82) is 0 Å². The van der Waals surface area contributed by atoms with Gasteiger partial charge < -0.3 is 13.7 Å². The molecule has 0 spiro atoms. The molecule has 2 aromatic carbocycles. The fourth-order valence-corrected chi connectivity index (χ4v) is 3.58. The highest BCUT2D eigenvalue weighted by Gasteiger charge is 2.14. The number of hydrogen-bond acceptors (Lipinski definition) is 6. The summed E-state index contributed by atoms with van der Waals surface area (Å²) in [5.74, 6) is -0.00124. The number of benzene rings is 2. The number of aromatic hydroxyl groups is 1. The molecule has 0 fully saturated rings. The second-order valence-electron chi connectivity index (χ2n) is 5.48. The second-order valence-corrected chi connectivity index (χ2v) is 7.17. The highest BCUT2D eigenvalue weighted by Crippen LogP contribution is 2.28. The lowest BCUT2D eigenvalue weighted by molar-refractivity contribution is 0.475. The standard InChI is InChI=1S/C17H16O6S/c1-2-3-8-24(20,21)23-12-5-7-14-13-6-4-11(18)9-15(13)17(19)22-16(14)10-12/h4-7,9-10,18H,2-3,8H2,1H3. The molecule has 3 rings (SSSR count). The van der Waals surface area contributed by atoms with Crippen LogP contribution in [0.25, 0.3) is 21.7 Å². The first-order chi connectivity index (χ1) is 11.4. The third kappa shape index (κ3) is 3.21. The van der Waals surface area contributed by atoms with Crippen LogP contribution >= 0.6 is 0 Å². The van der Waals surface area contributed by atoms with Crippen LogP contribution in [0.15, 0.2) is 45.6 Å². The Morgan fingerprint density at radius 1 is 1.08 bits per heavy atom. The molecule has 0 bridgehead atoms. The predicted molar refractivity (Wildman–Crippen MR) is 91.0 cm³/mol. The van der Waals surface area contributed by atoms with Crippen LogP contribution in [0.1, 0.15) is 19.8 Å². The topological polar surface area (TPSA) is 93.8 Å². The van der Waals surface area contributed by atoms with E-state index in [1.807, 2.05) is 6.92 Å². The number of fused-ring (bicyclic) bond motifs is 3. The van der Waals surface area contributed by atoms with E-state index < -0.39 is 15.7 Å². The SMILES string of the molecule is CCCCS(=O)(=O)Oc1ccc2c(c1)oc(=O)c1cc(O)ccc12. The Balaban J connectivity index is 2.08. The minimum absolute atomic E-state index is 0.0314. The molecule has 1 N–H and O–H groups in total. The third-order valence-corrected chi connectivity index (χ3v) is 4.88. The molecule has 6 nitrogen and oxygen atoms in total. The molecule has 0 radical (unpaired) electrons. The van der Waals surface area contributed by atoms with Gasteiger partial charge in [-0.05, 0) is 36.8 Å². The largest absolute Gasteiger partial charge is 0.508 e.